The fourth-order valence-corrected chi connectivity index (χ4v) is 2.05. The van der Waals surface area contributed by atoms with Crippen molar-refractivity contribution in [2.75, 3.05) is 0 Å². The van der Waals surface area contributed by atoms with Crippen LogP contribution >= 0.6 is 0 Å². The van der Waals surface area contributed by atoms with Crippen molar-refractivity contribution in [1.82, 2.24) is 10.2 Å². The lowest BCUT2D eigenvalue weighted by Gasteiger charge is -1.94. The molecule has 0 N–H and O–H groups in total. The predicted octanol–water partition coefficient (Wildman–Crippen LogP) is 3.69. The van der Waals surface area contributed by atoms with Gasteiger partial charge in [-0.05, 0) is 29.8 Å². The van der Waals surface area contributed by atoms with Crippen LogP contribution in [0.25, 0.3) is 23.6 Å². The van der Waals surface area contributed by atoms with Gasteiger partial charge in [-0.15, -0.1) is 10.2 Å². The molecule has 3 rings (SSSR count). The minimum absolute atomic E-state index is 0.0453. The molecule has 0 saturated carbocycles. The molecule has 0 aliphatic heterocycles. The van der Waals surface area contributed by atoms with Crippen molar-refractivity contribution in [3.8, 4) is 17.5 Å². The second-order valence-electron chi connectivity index (χ2n) is 4.82. The highest BCUT2D eigenvalue weighted by molar-refractivity contribution is 5.67. The van der Waals surface area contributed by atoms with Crippen LogP contribution in [0.15, 0.2) is 52.9 Å². The van der Waals surface area contributed by atoms with Gasteiger partial charge in [0.05, 0.1) is 16.6 Å². The summed E-state index contributed by atoms with van der Waals surface area (Å²) in [7, 11) is 0. The van der Waals surface area contributed by atoms with Crippen LogP contribution in [0.5, 0.6) is 0 Å². The van der Waals surface area contributed by atoms with Crippen LogP contribution in [-0.2, 0) is 0 Å². The third-order valence-electron chi connectivity index (χ3n) is 3.18. The van der Waals surface area contributed by atoms with Crippen LogP contribution in [-0.4, -0.2) is 15.1 Å². The lowest BCUT2D eigenvalue weighted by atomic mass is 10.1. The monoisotopic (exact) mass is 318 g/mol. The smallest absolute Gasteiger partial charge is 0.270 e. The summed E-state index contributed by atoms with van der Waals surface area (Å²) < 4.78 is 5.49. The van der Waals surface area contributed by atoms with Crippen molar-refractivity contribution in [3.63, 3.8) is 0 Å². The molecule has 116 valence electrons. The van der Waals surface area contributed by atoms with Crippen LogP contribution in [0.1, 0.15) is 17.0 Å². The van der Waals surface area contributed by atoms with Crippen molar-refractivity contribution >= 4 is 17.8 Å². The fraction of sp³-hybridized carbons (Fsp3) is 0. The summed E-state index contributed by atoms with van der Waals surface area (Å²) in [6.07, 6.45) is 3.36. The Kier molecular flexibility index (Phi) is 4.12. The molecule has 0 fully saturated rings. The van der Waals surface area contributed by atoms with Gasteiger partial charge in [-0.3, -0.25) is 10.1 Å². The van der Waals surface area contributed by atoms with E-state index in [1.807, 2.05) is 6.07 Å². The molecule has 1 aromatic heterocycles. The van der Waals surface area contributed by atoms with Gasteiger partial charge >= 0.3 is 0 Å². The molecule has 0 spiro atoms. The van der Waals surface area contributed by atoms with Crippen LogP contribution in [0, 0.1) is 21.4 Å². The van der Waals surface area contributed by atoms with Gasteiger partial charge in [-0.2, -0.15) is 5.26 Å². The maximum Gasteiger partial charge on any atom is 0.270 e. The first kappa shape index (κ1) is 15.1. The molecular weight excluding hydrogens is 308 g/mol. The van der Waals surface area contributed by atoms with Crippen molar-refractivity contribution in [2.24, 2.45) is 0 Å². The SMILES string of the molecule is N#Cc1cccc(/C=C\c2nnc(-c3cccc([N+](=O)[O-])c3)o2)c1. The lowest BCUT2D eigenvalue weighted by molar-refractivity contribution is -0.384. The van der Waals surface area contributed by atoms with E-state index in [9.17, 15) is 10.1 Å². The second-order valence-corrected chi connectivity index (χ2v) is 4.82. The summed E-state index contributed by atoms with van der Waals surface area (Å²) in [6, 6.07) is 15.1. The predicted molar refractivity (Wildman–Crippen MR) is 86.5 cm³/mol. The number of non-ortho nitro benzene ring substituents is 1. The first-order valence-corrected chi connectivity index (χ1v) is 6.92. The van der Waals surface area contributed by atoms with Gasteiger partial charge in [-0.1, -0.05) is 18.2 Å². The Balaban J connectivity index is 1.83. The topological polar surface area (TPSA) is 106 Å². The van der Waals surface area contributed by atoms with E-state index < -0.39 is 4.92 Å². The Labute approximate surface area is 136 Å². The summed E-state index contributed by atoms with van der Waals surface area (Å²) in [4.78, 5) is 10.3. The van der Waals surface area contributed by atoms with Crippen molar-refractivity contribution in [3.05, 3.63) is 75.7 Å². The van der Waals surface area contributed by atoms with E-state index in [1.165, 1.54) is 12.1 Å². The molecule has 0 amide bonds. The molecule has 0 bridgehead atoms. The molecule has 0 unspecified atom stereocenters. The standard InChI is InChI=1S/C17H10N4O3/c18-11-13-4-1-3-12(9-13)7-8-16-19-20-17(24-16)14-5-2-6-15(10-14)21(22)23/h1-10H/b8-7-. The largest absolute Gasteiger partial charge is 0.417 e. The van der Waals surface area contributed by atoms with Crippen LogP contribution < -0.4 is 0 Å². The van der Waals surface area contributed by atoms with Gasteiger partial charge in [0, 0.05) is 23.8 Å². The summed E-state index contributed by atoms with van der Waals surface area (Å²) in [5, 5.41) is 27.5. The summed E-state index contributed by atoms with van der Waals surface area (Å²) in [5.41, 5.74) is 1.81. The van der Waals surface area contributed by atoms with E-state index >= 15 is 0 Å². The Morgan fingerprint density at radius 1 is 1.12 bits per heavy atom. The molecule has 0 atom stereocenters. The molecule has 0 radical (unpaired) electrons. The van der Waals surface area contributed by atoms with Gasteiger partial charge < -0.3 is 4.42 Å². The maximum absolute atomic E-state index is 10.8. The highest BCUT2D eigenvalue weighted by Gasteiger charge is 2.11. The van der Waals surface area contributed by atoms with Gasteiger partial charge in [0.2, 0.25) is 11.8 Å². The summed E-state index contributed by atoms with van der Waals surface area (Å²) in [5.74, 6) is 0.461. The Hall–Kier alpha value is -3.79. The number of nitriles is 1. The normalized spacial score (nSPS) is 10.6. The minimum Gasteiger partial charge on any atom is -0.417 e. The van der Waals surface area contributed by atoms with Gasteiger partial charge in [0.15, 0.2) is 0 Å². The molecular formula is C17H10N4O3. The molecule has 0 aliphatic rings. The number of aromatic nitrogens is 2. The summed E-state index contributed by atoms with van der Waals surface area (Å²) in [6.45, 7) is 0. The van der Waals surface area contributed by atoms with Crippen LogP contribution in [0.3, 0.4) is 0 Å². The summed E-state index contributed by atoms with van der Waals surface area (Å²) >= 11 is 0. The van der Waals surface area contributed by atoms with E-state index in [1.54, 1.807) is 42.5 Å². The number of hydrogen-bond donors (Lipinski definition) is 0. The zero-order valence-corrected chi connectivity index (χ0v) is 12.3. The number of nitro groups is 1. The van der Waals surface area contributed by atoms with E-state index in [2.05, 4.69) is 16.3 Å². The molecule has 24 heavy (non-hydrogen) atoms. The number of hydrogen-bond acceptors (Lipinski definition) is 6. The van der Waals surface area contributed by atoms with Crippen molar-refractivity contribution in [1.29, 1.82) is 5.26 Å². The van der Waals surface area contributed by atoms with E-state index in [4.69, 9.17) is 9.68 Å². The minimum atomic E-state index is -0.483. The zero-order chi connectivity index (χ0) is 16.9. The van der Waals surface area contributed by atoms with Crippen molar-refractivity contribution < 1.29 is 9.34 Å². The van der Waals surface area contributed by atoms with Gasteiger partial charge in [0.1, 0.15) is 0 Å². The van der Waals surface area contributed by atoms with Crippen molar-refractivity contribution in [2.45, 2.75) is 0 Å². The molecule has 7 heteroatoms. The molecule has 2 aromatic carbocycles. The Morgan fingerprint density at radius 3 is 2.75 bits per heavy atom. The third-order valence-corrected chi connectivity index (χ3v) is 3.18. The third kappa shape index (κ3) is 3.34. The molecule has 0 saturated heterocycles. The van der Waals surface area contributed by atoms with Gasteiger partial charge in [0.25, 0.3) is 5.69 Å². The molecule has 7 nitrogen and oxygen atoms in total. The molecule has 3 aromatic rings. The average molecular weight is 318 g/mol. The average Bonchev–Trinajstić information content (AvgIpc) is 3.09. The van der Waals surface area contributed by atoms with E-state index in [-0.39, 0.29) is 17.5 Å². The maximum atomic E-state index is 10.8. The highest BCUT2D eigenvalue weighted by atomic mass is 16.6. The zero-order valence-electron chi connectivity index (χ0n) is 12.3. The quantitative estimate of drug-likeness (QED) is 0.536. The highest BCUT2D eigenvalue weighted by Crippen LogP contribution is 2.23. The lowest BCUT2D eigenvalue weighted by Crippen LogP contribution is -1.88. The first-order valence-electron chi connectivity index (χ1n) is 6.92. The fourth-order valence-electron chi connectivity index (χ4n) is 2.05. The van der Waals surface area contributed by atoms with E-state index in [0.717, 1.165) is 5.56 Å². The number of rotatable bonds is 4. The number of nitrogens with zero attached hydrogens (tertiary/aromatic N) is 4. The Morgan fingerprint density at radius 2 is 1.96 bits per heavy atom. The number of nitro benzene ring substituents is 1. The second kappa shape index (κ2) is 6.54. The Bertz CT molecular complexity index is 970. The molecule has 0 aliphatic carbocycles. The molecule has 1 heterocycles. The van der Waals surface area contributed by atoms with Crippen LogP contribution in [0.4, 0.5) is 5.69 Å². The first-order chi connectivity index (χ1) is 11.7. The van der Waals surface area contributed by atoms with E-state index in [0.29, 0.717) is 11.1 Å². The van der Waals surface area contributed by atoms with Crippen LogP contribution in [0.2, 0.25) is 0 Å². The number of benzene rings is 2. The van der Waals surface area contributed by atoms with Gasteiger partial charge in [-0.25, -0.2) is 0 Å².